The Morgan fingerprint density at radius 1 is 1.19 bits per heavy atom. The fourth-order valence-electron chi connectivity index (χ4n) is 1.84. The number of sulfonamides is 1. The van der Waals surface area contributed by atoms with Gasteiger partial charge in [-0.3, -0.25) is 0 Å². The van der Waals surface area contributed by atoms with E-state index in [2.05, 4.69) is 17.0 Å². The van der Waals surface area contributed by atoms with Gasteiger partial charge >= 0.3 is 0 Å². The highest BCUT2D eigenvalue weighted by Crippen LogP contribution is 2.11. The van der Waals surface area contributed by atoms with Crippen molar-refractivity contribution in [3.8, 4) is 0 Å². The third-order valence-electron chi connectivity index (χ3n) is 2.99. The van der Waals surface area contributed by atoms with Crippen LogP contribution in [0.2, 0.25) is 0 Å². The summed E-state index contributed by atoms with van der Waals surface area (Å²) < 4.78 is 32.3. The standard InChI is InChI=1S/C15H26N2O3S/c1-3-4-10-20-11-6-9-17-21(18,19)15-8-5-7-14(12-15)13-16-2/h5,7-8,12,16-17H,3-4,6,9-11,13H2,1-2H3. The molecule has 0 heterocycles. The van der Waals surface area contributed by atoms with Crippen LogP contribution in [0.4, 0.5) is 0 Å². The fraction of sp³-hybridized carbons (Fsp3) is 0.600. The van der Waals surface area contributed by atoms with Crippen LogP contribution in [-0.4, -0.2) is 35.2 Å². The average molecular weight is 314 g/mol. The van der Waals surface area contributed by atoms with Crippen LogP contribution in [0, 0.1) is 0 Å². The predicted molar refractivity (Wildman–Crippen MR) is 84.7 cm³/mol. The van der Waals surface area contributed by atoms with E-state index in [-0.39, 0.29) is 0 Å². The van der Waals surface area contributed by atoms with Crippen molar-refractivity contribution in [3.05, 3.63) is 29.8 Å². The molecular weight excluding hydrogens is 288 g/mol. The van der Waals surface area contributed by atoms with Crippen LogP contribution >= 0.6 is 0 Å². The molecule has 0 aliphatic rings. The van der Waals surface area contributed by atoms with Crippen LogP contribution in [0.3, 0.4) is 0 Å². The lowest BCUT2D eigenvalue weighted by molar-refractivity contribution is 0.130. The first-order valence-corrected chi connectivity index (χ1v) is 8.89. The molecule has 0 saturated heterocycles. The molecule has 120 valence electrons. The van der Waals surface area contributed by atoms with Gasteiger partial charge in [-0.1, -0.05) is 25.5 Å². The molecule has 1 rings (SSSR count). The highest BCUT2D eigenvalue weighted by molar-refractivity contribution is 7.89. The molecule has 0 aliphatic heterocycles. The maximum absolute atomic E-state index is 12.2. The molecule has 0 saturated carbocycles. The van der Waals surface area contributed by atoms with Crippen molar-refractivity contribution < 1.29 is 13.2 Å². The molecule has 0 radical (unpaired) electrons. The Bertz CT molecular complexity index is 503. The van der Waals surface area contributed by atoms with Crippen molar-refractivity contribution >= 4 is 10.0 Å². The van der Waals surface area contributed by atoms with Gasteiger partial charge in [0.05, 0.1) is 4.90 Å². The first-order chi connectivity index (χ1) is 10.1. The van der Waals surface area contributed by atoms with Crippen LogP contribution in [0.25, 0.3) is 0 Å². The van der Waals surface area contributed by atoms with Crippen LogP contribution in [0.1, 0.15) is 31.7 Å². The van der Waals surface area contributed by atoms with Crippen molar-refractivity contribution in [3.63, 3.8) is 0 Å². The summed E-state index contributed by atoms with van der Waals surface area (Å²) in [4.78, 5) is 0.308. The van der Waals surface area contributed by atoms with E-state index in [4.69, 9.17) is 4.74 Å². The van der Waals surface area contributed by atoms with Crippen LogP contribution in [0.5, 0.6) is 0 Å². The molecule has 0 unspecified atom stereocenters. The second-order valence-corrected chi connectivity index (χ2v) is 6.66. The topological polar surface area (TPSA) is 67.4 Å². The van der Waals surface area contributed by atoms with Gasteiger partial charge in [0.1, 0.15) is 0 Å². The van der Waals surface area contributed by atoms with Gasteiger partial charge in [0, 0.05) is 26.3 Å². The lowest BCUT2D eigenvalue weighted by atomic mass is 10.2. The summed E-state index contributed by atoms with van der Waals surface area (Å²) in [5.41, 5.74) is 0.947. The third kappa shape index (κ3) is 7.04. The SMILES string of the molecule is CCCCOCCCNS(=O)(=O)c1cccc(CNC)c1. The van der Waals surface area contributed by atoms with Crippen molar-refractivity contribution in [2.75, 3.05) is 26.8 Å². The summed E-state index contributed by atoms with van der Waals surface area (Å²) in [7, 11) is -1.60. The lowest BCUT2D eigenvalue weighted by Gasteiger charge is -2.08. The van der Waals surface area contributed by atoms with Gasteiger partial charge in [-0.15, -0.1) is 0 Å². The van der Waals surface area contributed by atoms with Gasteiger partial charge in [0.25, 0.3) is 0 Å². The van der Waals surface area contributed by atoms with Crippen LogP contribution in [-0.2, 0) is 21.3 Å². The molecule has 0 aliphatic carbocycles. The molecule has 1 aromatic rings. The van der Waals surface area contributed by atoms with Gasteiger partial charge in [0.2, 0.25) is 10.0 Å². The molecule has 2 N–H and O–H groups in total. The van der Waals surface area contributed by atoms with Gasteiger partial charge in [-0.05, 0) is 37.6 Å². The van der Waals surface area contributed by atoms with Gasteiger partial charge < -0.3 is 10.1 Å². The van der Waals surface area contributed by atoms with Gasteiger partial charge in [-0.2, -0.15) is 0 Å². The summed E-state index contributed by atoms with van der Waals surface area (Å²) in [5.74, 6) is 0. The zero-order chi connectivity index (χ0) is 15.6. The Balaban J connectivity index is 2.41. The fourth-order valence-corrected chi connectivity index (χ4v) is 2.98. The highest BCUT2D eigenvalue weighted by atomic mass is 32.2. The molecule has 0 fully saturated rings. The minimum absolute atomic E-state index is 0.308. The second kappa shape index (κ2) is 9.89. The number of unbranched alkanes of at least 4 members (excludes halogenated alkanes) is 1. The first kappa shape index (κ1) is 18.1. The monoisotopic (exact) mass is 314 g/mol. The number of benzene rings is 1. The number of rotatable bonds is 11. The average Bonchev–Trinajstić information content (AvgIpc) is 2.47. The zero-order valence-electron chi connectivity index (χ0n) is 12.9. The third-order valence-corrected chi connectivity index (χ3v) is 4.45. The van der Waals surface area contributed by atoms with Crippen molar-refractivity contribution in [1.82, 2.24) is 10.0 Å². The minimum atomic E-state index is -3.43. The summed E-state index contributed by atoms with van der Waals surface area (Å²) >= 11 is 0. The molecule has 1 aromatic carbocycles. The molecule has 21 heavy (non-hydrogen) atoms. The molecule has 0 spiro atoms. The summed E-state index contributed by atoms with van der Waals surface area (Å²) in [6.45, 7) is 4.48. The summed E-state index contributed by atoms with van der Waals surface area (Å²) in [5, 5.41) is 3.01. The largest absolute Gasteiger partial charge is 0.381 e. The van der Waals surface area contributed by atoms with E-state index in [1.165, 1.54) is 0 Å². The molecule has 0 amide bonds. The van der Waals surface area contributed by atoms with E-state index in [0.717, 1.165) is 25.0 Å². The molecule has 0 bridgehead atoms. The first-order valence-electron chi connectivity index (χ1n) is 7.41. The van der Waals surface area contributed by atoms with Crippen molar-refractivity contribution in [1.29, 1.82) is 0 Å². The van der Waals surface area contributed by atoms with Gasteiger partial charge in [-0.25, -0.2) is 13.1 Å². The van der Waals surface area contributed by atoms with E-state index in [9.17, 15) is 8.42 Å². The zero-order valence-corrected chi connectivity index (χ0v) is 13.7. The van der Waals surface area contributed by atoms with E-state index >= 15 is 0 Å². The Morgan fingerprint density at radius 3 is 2.67 bits per heavy atom. The Hall–Kier alpha value is -0.950. The van der Waals surface area contributed by atoms with E-state index in [1.54, 1.807) is 18.2 Å². The van der Waals surface area contributed by atoms with E-state index in [1.807, 2.05) is 13.1 Å². The summed E-state index contributed by atoms with van der Waals surface area (Å²) in [6, 6.07) is 6.96. The number of hydrogen-bond acceptors (Lipinski definition) is 4. The maximum Gasteiger partial charge on any atom is 0.240 e. The molecule has 0 aromatic heterocycles. The summed E-state index contributed by atoms with van der Waals surface area (Å²) in [6.07, 6.45) is 2.83. The molecule has 6 heteroatoms. The van der Waals surface area contributed by atoms with Crippen molar-refractivity contribution in [2.45, 2.75) is 37.6 Å². The second-order valence-electron chi connectivity index (χ2n) is 4.89. The quantitative estimate of drug-likeness (QED) is 0.612. The predicted octanol–water partition coefficient (Wildman–Crippen LogP) is 1.89. The smallest absolute Gasteiger partial charge is 0.240 e. The Labute approximate surface area is 128 Å². The number of nitrogens with one attached hydrogen (secondary N) is 2. The molecule has 0 atom stereocenters. The number of ether oxygens (including phenoxy) is 1. The van der Waals surface area contributed by atoms with E-state index < -0.39 is 10.0 Å². The molecule has 5 nitrogen and oxygen atoms in total. The van der Waals surface area contributed by atoms with Crippen LogP contribution < -0.4 is 10.0 Å². The Morgan fingerprint density at radius 2 is 1.95 bits per heavy atom. The van der Waals surface area contributed by atoms with Crippen molar-refractivity contribution in [2.24, 2.45) is 0 Å². The maximum atomic E-state index is 12.2. The number of hydrogen-bond donors (Lipinski definition) is 2. The normalized spacial score (nSPS) is 11.7. The molecular formula is C15H26N2O3S. The van der Waals surface area contributed by atoms with E-state index in [0.29, 0.717) is 31.0 Å². The minimum Gasteiger partial charge on any atom is -0.381 e. The Kier molecular flexibility index (Phi) is 8.52. The lowest BCUT2D eigenvalue weighted by Crippen LogP contribution is -2.25. The van der Waals surface area contributed by atoms with Gasteiger partial charge in [0.15, 0.2) is 0 Å². The highest BCUT2D eigenvalue weighted by Gasteiger charge is 2.13. The van der Waals surface area contributed by atoms with Crippen LogP contribution in [0.15, 0.2) is 29.2 Å².